The second-order valence-corrected chi connectivity index (χ2v) is 9.34. The van der Waals surface area contributed by atoms with Crippen molar-refractivity contribution < 1.29 is 13.2 Å². The number of anilines is 1. The summed E-state index contributed by atoms with van der Waals surface area (Å²) in [4.78, 5) is 14.1. The summed E-state index contributed by atoms with van der Waals surface area (Å²) in [5, 5.41) is 0. The molecule has 0 bridgehead atoms. The molecular formula is C28H23NO3S. The zero-order valence-corrected chi connectivity index (χ0v) is 18.9. The molecule has 4 aromatic rings. The average Bonchev–Trinajstić information content (AvgIpc) is 2.84. The van der Waals surface area contributed by atoms with E-state index in [-0.39, 0.29) is 16.2 Å². The largest absolute Gasteiger partial charge is 0.272 e. The van der Waals surface area contributed by atoms with Crippen molar-refractivity contribution in [3.05, 3.63) is 132 Å². The zero-order chi connectivity index (χ0) is 23.3. The second-order valence-electron chi connectivity index (χ2n) is 7.56. The minimum absolute atomic E-state index is 0.0532. The Hall–Kier alpha value is -3.96. The molecule has 0 fully saturated rings. The predicted octanol–water partition coefficient (Wildman–Crippen LogP) is 5.96. The summed E-state index contributed by atoms with van der Waals surface area (Å²) in [6.07, 6.45) is 1.72. The van der Waals surface area contributed by atoms with Gasteiger partial charge in [-0.2, -0.15) is 4.31 Å². The van der Waals surface area contributed by atoms with Crippen LogP contribution >= 0.6 is 0 Å². The van der Waals surface area contributed by atoms with E-state index >= 15 is 0 Å². The van der Waals surface area contributed by atoms with Gasteiger partial charge in [0.1, 0.15) is 0 Å². The van der Waals surface area contributed by atoms with Crippen molar-refractivity contribution in [1.82, 2.24) is 0 Å². The van der Waals surface area contributed by atoms with Gasteiger partial charge in [0.25, 0.3) is 15.9 Å². The molecular weight excluding hydrogens is 430 g/mol. The zero-order valence-electron chi connectivity index (χ0n) is 18.1. The molecule has 33 heavy (non-hydrogen) atoms. The second kappa shape index (κ2) is 9.67. The highest BCUT2D eigenvalue weighted by molar-refractivity contribution is 7.93. The predicted molar refractivity (Wildman–Crippen MR) is 133 cm³/mol. The summed E-state index contributed by atoms with van der Waals surface area (Å²) in [6.45, 7) is 1.88. The molecule has 0 saturated heterocycles. The lowest BCUT2D eigenvalue weighted by Crippen LogP contribution is -2.37. The third kappa shape index (κ3) is 4.94. The molecule has 0 N–H and O–H groups in total. The molecule has 0 aliphatic rings. The number of sulfonamides is 1. The first-order chi connectivity index (χ1) is 16.0. The van der Waals surface area contributed by atoms with Gasteiger partial charge in [0.2, 0.25) is 0 Å². The molecule has 0 heterocycles. The van der Waals surface area contributed by atoms with E-state index in [1.54, 1.807) is 60.7 Å². The van der Waals surface area contributed by atoms with Crippen LogP contribution in [0.25, 0.3) is 11.6 Å². The Morgan fingerprint density at radius 2 is 1.21 bits per heavy atom. The molecule has 0 aliphatic carbocycles. The molecule has 4 aromatic carbocycles. The standard InChI is InChI=1S/C28H23NO3S/c1-22-17-19-26(20-18-22)33(31,32)29(25-15-9-4-10-16-25)28(30)27(24-13-7-3-8-14-24)21-23-11-5-2-6-12-23/h2-21H,1H3/b27-21+. The molecule has 5 heteroatoms. The minimum atomic E-state index is -4.17. The summed E-state index contributed by atoms with van der Waals surface area (Å²) in [6, 6.07) is 33.4. The third-order valence-corrected chi connectivity index (χ3v) is 6.89. The fourth-order valence-electron chi connectivity index (χ4n) is 3.46. The summed E-state index contributed by atoms with van der Waals surface area (Å²) >= 11 is 0. The third-order valence-electron chi connectivity index (χ3n) is 5.16. The number of carbonyl (C=O) groups excluding carboxylic acids is 1. The Morgan fingerprint density at radius 3 is 1.79 bits per heavy atom. The van der Waals surface area contributed by atoms with E-state index < -0.39 is 15.9 Å². The molecule has 4 rings (SSSR count). The van der Waals surface area contributed by atoms with Crippen LogP contribution in [0.15, 0.2) is 120 Å². The van der Waals surface area contributed by atoms with Crippen LogP contribution in [0.5, 0.6) is 0 Å². The van der Waals surface area contributed by atoms with Crippen molar-refractivity contribution in [2.45, 2.75) is 11.8 Å². The van der Waals surface area contributed by atoms with Gasteiger partial charge in [-0.1, -0.05) is 96.6 Å². The Kier molecular flexibility index (Phi) is 6.52. The average molecular weight is 454 g/mol. The van der Waals surface area contributed by atoms with E-state index in [9.17, 15) is 13.2 Å². The van der Waals surface area contributed by atoms with Crippen molar-refractivity contribution in [2.24, 2.45) is 0 Å². The van der Waals surface area contributed by atoms with E-state index in [4.69, 9.17) is 0 Å². The number of rotatable bonds is 6. The summed E-state index contributed by atoms with van der Waals surface area (Å²) in [5.41, 5.74) is 2.91. The van der Waals surface area contributed by atoms with Gasteiger partial charge in [0.15, 0.2) is 0 Å². The number of carbonyl (C=O) groups is 1. The number of nitrogens with zero attached hydrogens (tertiary/aromatic N) is 1. The Labute approximate surface area is 194 Å². The highest BCUT2D eigenvalue weighted by atomic mass is 32.2. The van der Waals surface area contributed by atoms with E-state index in [0.717, 1.165) is 15.4 Å². The highest BCUT2D eigenvalue weighted by Gasteiger charge is 2.33. The van der Waals surface area contributed by atoms with Crippen LogP contribution in [0, 0.1) is 6.92 Å². The lowest BCUT2D eigenvalue weighted by atomic mass is 10.0. The number of hydrogen-bond donors (Lipinski definition) is 0. The van der Waals surface area contributed by atoms with E-state index in [1.165, 1.54) is 12.1 Å². The maximum atomic E-state index is 14.0. The monoisotopic (exact) mass is 453 g/mol. The molecule has 0 aliphatic heterocycles. The van der Waals surface area contributed by atoms with Crippen molar-refractivity contribution >= 4 is 33.3 Å². The fraction of sp³-hybridized carbons (Fsp3) is 0.0357. The van der Waals surface area contributed by atoms with Gasteiger partial charge >= 0.3 is 0 Å². The number of aryl methyl sites for hydroxylation is 1. The maximum Gasteiger partial charge on any atom is 0.272 e. The van der Waals surface area contributed by atoms with Crippen molar-refractivity contribution in [1.29, 1.82) is 0 Å². The van der Waals surface area contributed by atoms with Crippen LogP contribution in [0.4, 0.5) is 5.69 Å². The highest BCUT2D eigenvalue weighted by Crippen LogP contribution is 2.30. The first-order valence-corrected chi connectivity index (χ1v) is 11.9. The molecule has 0 atom stereocenters. The van der Waals surface area contributed by atoms with Crippen LogP contribution < -0.4 is 4.31 Å². The van der Waals surface area contributed by atoms with E-state index in [1.807, 2.05) is 55.5 Å². The summed E-state index contributed by atoms with van der Waals surface area (Å²) in [7, 11) is -4.17. The molecule has 0 spiro atoms. The lowest BCUT2D eigenvalue weighted by molar-refractivity contribution is -0.112. The normalized spacial score (nSPS) is 11.7. The number of para-hydroxylation sites is 1. The summed E-state index contributed by atoms with van der Waals surface area (Å²) < 4.78 is 28.4. The van der Waals surface area contributed by atoms with Gasteiger partial charge in [-0.25, -0.2) is 8.42 Å². The molecule has 1 amide bonds. The molecule has 0 unspecified atom stereocenters. The van der Waals surface area contributed by atoms with Gasteiger partial charge in [-0.3, -0.25) is 4.79 Å². The number of benzene rings is 4. The van der Waals surface area contributed by atoms with Gasteiger partial charge in [-0.05, 0) is 48.4 Å². The van der Waals surface area contributed by atoms with Crippen LogP contribution in [-0.4, -0.2) is 14.3 Å². The smallest absolute Gasteiger partial charge is 0.268 e. The SMILES string of the molecule is Cc1ccc(S(=O)(=O)N(C(=O)/C(=C/c2ccccc2)c2ccccc2)c2ccccc2)cc1. The van der Waals surface area contributed by atoms with E-state index in [2.05, 4.69) is 0 Å². The van der Waals surface area contributed by atoms with Crippen LogP contribution in [0.2, 0.25) is 0 Å². The van der Waals surface area contributed by atoms with Gasteiger partial charge in [-0.15, -0.1) is 0 Å². The van der Waals surface area contributed by atoms with Crippen molar-refractivity contribution in [3.63, 3.8) is 0 Å². The Morgan fingerprint density at radius 1 is 0.697 bits per heavy atom. The first kappa shape index (κ1) is 22.2. The molecule has 0 radical (unpaired) electrons. The quantitative estimate of drug-likeness (QED) is 0.267. The van der Waals surface area contributed by atoms with Crippen LogP contribution in [-0.2, 0) is 14.8 Å². The molecule has 0 aromatic heterocycles. The Balaban J connectivity index is 1.91. The number of amides is 1. The van der Waals surface area contributed by atoms with Crippen LogP contribution in [0.3, 0.4) is 0 Å². The van der Waals surface area contributed by atoms with E-state index in [0.29, 0.717) is 5.56 Å². The first-order valence-electron chi connectivity index (χ1n) is 10.5. The lowest BCUT2D eigenvalue weighted by Gasteiger charge is -2.24. The van der Waals surface area contributed by atoms with Gasteiger partial charge in [0.05, 0.1) is 10.6 Å². The Bertz CT molecular complexity index is 1360. The topological polar surface area (TPSA) is 54.5 Å². The van der Waals surface area contributed by atoms with Crippen molar-refractivity contribution in [3.8, 4) is 0 Å². The maximum absolute atomic E-state index is 14.0. The van der Waals surface area contributed by atoms with Crippen molar-refractivity contribution in [2.75, 3.05) is 4.31 Å². The molecule has 0 saturated carbocycles. The number of hydrogen-bond acceptors (Lipinski definition) is 3. The minimum Gasteiger partial charge on any atom is -0.268 e. The van der Waals surface area contributed by atoms with Crippen LogP contribution in [0.1, 0.15) is 16.7 Å². The molecule has 164 valence electrons. The van der Waals surface area contributed by atoms with Gasteiger partial charge < -0.3 is 0 Å². The fourth-order valence-corrected chi connectivity index (χ4v) is 4.86. The molecule has 4 nitrogen and oxygen atoms in total. The summed E-state index contributed by atoms with van der Waals surface area (Å²) in [5.74, 6) is -0.628. The van der Waals surface area contributed by atoms with Gasteiger partial charge in [0, 0.05) is 5.57 Å².